The molecule has 2 heterocycles. The molecule has 1 aromatic heterocycles. The average molecular weight is 499 g/mol. The molecule has 3 fully saturated rings. The molecule has 0 N–H and O–H groups in total. The van der Waals surface area contributed by atoms with Crippen molar-refractivity contribution in [3.05, 3.63) is 31.4 Å². The zero-order valence-electron chi connectivity index (χ0n) is 21.6. The second-order valence-corrected chi connectivity index (χ2v) is 11.1. The molecule has 2 atom stereocenters. The molecule has 9 nitrogen and oxygen atoms in total. The number of ether oxygens (including phenoxy) is 1. The lowest BCUT2D eigenvalue weighted by atomic mass is 9.81. The number of nitrogens with zero attached hydrogens (tertiary/aromatic N) is 4. The fourth-order valence-electron chi connectivity index (χ4n) is 6.18. The van der Waals surface area contributed by atoms with Gasteiger partial charge >= 0.3 is 5.69 Å². The number of carbonyl (C=O) groups excluding carboxylic acids is 2. The van der Waals surface area contributed by atoms with E-state index in [2.05, 4.69) is 0 Å². The third-order valence-corrected chi connectivity index (χ3v) is 8.62. The Balaban J connectivity index is 1.21. The van der Waals surface area contributed by atoms with E-state index in [9.17, 15) is 19.2 Å². The summed E-state index contributed by atoms with van der Waals surface area (Å²) in [7, 11) is 3.33. The summed E-state index contributed by atoms with van der Waals surface area (Å²) in [6.07, 6.45) is 9.37. The normalized spacial score (nSPS) is 28.2. The number of rotatable bonds is 5. The topological polar surface area (TPSA) is 93.8 Å². The molecule has 1 aromatic rings. The van der Waals surface area contributed by atoms with Crippen molar-refractivity contribution in [2.24, 2.45) is 24.8 Å². The summed E-state index contributed by atoms with van der Waals surface area (Å²) in [4.78, 5) is 55.8. The Labute approximate surface area is 211 Å². The van der Waals surface area contributed by atoms with Gasteiger partial charge in [0.25, 0.3) is 5.56 Å². The highest BCUT2D eigenvalue weighted by Gasteiger charge is 2.39. The van der Waals surface area contributed by atoms with Crippen LogP contribution in [0.2, 0.25) is 0 Å². The second-order valence-electron chi connectivity index (χ2n) is 11.1. The summed E-state index contributed by atoms with van der Waals surface area (Å²) in [5, 5.41) is 1.20. The standard InChI is InChI=1S/C27H38N4O5/c1-17-15-29(12-13-30(17)25(33)20-8-9-20)24(32)19-6-4-18(5-7-19)16-31-26(34)22-14-21(36-3)10-11-23(22)28(2)27(31)35/h11,14,17-21H,4-10,12-13,15-16H2,1-3H3/t17-,18-,19-,21?/m1/s1. The number of methoxy groups -OCH3 is 1. The van der Waals surface area contributed by atoms with Crippen molar-refractivity contribution < 1.29 is 14.3 Å². The third kappa shape index (κ3) is 4.69. The van der Waals surface area contributed by atoms with Gasteiger partial charge in [-0.15, -0.1) is 0 Å². The molecule has 1 aliphatic heterocycles. The monoisotopic (exact) mass is 498 g/mol. The predicted molar refractivity (Wildman–Crippen MR) is 135 cm³/mol. The van der Waals surface area contributed by atoms with Crippen molar-refractivity contribution in [1.82, 2.24) is 18.9 Å². The Morgan fingerprint density at radius 1 is 1.00 bits per heavy atom. The van der Waals surface area contributed by atoms with Gasteiger partial charge in [-0.05, 0) is 63.9 Å². The van der Waals surface area contributed by atoms with Gasteiger partial charge in [0.05, 0.1) is 16.7 Å². The molecular weight excluding hydrogens is 460 g/mol. The van der Waals surface area contributed by atoms with Gasteiger partial charge in [-0.25, -0.2) is 4.79 Å². The van der Waals surface area contributed by atoms with Gasteiger partial charge in [0.1, 0.15) is 0 Å². The summed E-state index contributed by atoms with van der Waals surface area (Å²) >= 11 is 0. The zero-order valence-corrected chi connectivity index (χ0v) is 21.6. The van der Waals surface area contributed by atoms with Crippen LogP contribution >= 0.6 is 0 Å². The van der Waals surface area contributed by atoms with Crippen LogP contribution in [0, 0.1) is 17.8 Å². The van der Waals surface area contributed by atoms with Crippen LogP contribution in [0.25, 0.3) is 12.2 Å². The number of carbonyl (C=O) groups is 2. The first-order valence-electron chi connectivity index (χ1n) is 13.4. The molecule has 0 spiro atoms. The maximum Gasteiger partial charge on any atom is 0.331 e. The maximum atomic E-state index is 13.3. The Bertz CT molecular complexity index is 1270. The van der Waals surface area contributed by atoms with E-state index in [1.54, 1.807) is 18.7 Å². The third-order valence-electron chi connectivity index (χ3n) is 8.62. The van der Waals surface area contributed by atoms with Crippen molar-refractivity contribution in [3.8, 4) is 0 Å². The van der Waals surface area contributed by atoms with Crippen molar-refractivity contribution in [3.63, 3.8) is 0 Å². The van der Waals surface area contributed by atoms with E-state index >= 15 is 0 Å². The van der Waals surface area contributed by atoms with Crippen LogP contribution in [-0.2, 0) is 27.9 Å². The molecule has 1 saturated heterocycles. The molecule has 2 saturated carbocycles. The molecule has 0 bridgehead atoms. The molecule has 4 aliphatic rings. The van der Waals surface area contributed by atoms with Crippen LogP contribution in [0.3, 0.4) is 0 Å². The van der Waals surface area contributed by atoms with Gasteiger partial charge in [0.15, 0.2) is 0 Å². The van der Waals surface area contributed by atoms with Gasteiger partial charge in [0, 0.05) is 58.2 Å². The van der Waals surface area contributed by atoms with Crippen LogP contribution in [0.1, 0.15) is 51.9 Å². The van der Waals surface area contributed by atoms with E-state index in [0.717, 1.165) is 38.5 Å². The first-order valence-corrected chi connectivity index (χ1v) is 13.4. The van der Waals surface area contributed by atoms with Gasteiger partial charge in [-0.3, -0.25) is 23.5 Å². The summed E-state index contributed by atoms with van der Waals surface area (Å²) < 4.78 is 8.33. The summed E-state index contributed by atoms with van der Waals surface area (Å²) in [6.45, 7) is 4.26. The highest BCUT2D eigenvalue weighted by molar-refractivity contribution is 5.82. The molecule has 196 valence electrons. The molecule has 3 aliphatic carbocycles. The van der Waals surface area contributed by atoms with Crippen LogP contribution in [-0.4, -0.2) is 69.6 Å². The lowest BCUT2D eigenvalue weighted by Gasteiger charge is -2.42. The molecule has 5 rings (SSSR count). The van der Waals surface area contributed by atoms with Gasteiger partial charge in [0.2, 0.25) is 11.8 Å². The van der Waals surface area contributed by atoms with E-state index < -0.39 is 0 Å². The second kappa shape index (κ2) is 10.00. The van der Waals surface area contributed by atoms with Crippen LogP contribution < -0.4 is 21.8 Å². The summed E-state index contributed by atoms with van der Waals surface area (Å²) in [6, 6.07) is 0.0611. The number of amides is 2. The molecule has 9 heteroatoms. The van der Waals surface area contributed by atoms with E-state index in [1.165, 1.54) is 4.57 Å². The highest BCUT2D eigenvalue weighted by Crippen LogP contribution is 2.33. The minimum absolute atomic E-state index is 0.0207. The Hall–Kier alpha value is -2.68. The number of piperazine rings is 1. The molecular formula is C27H38N4O5. The first-order chi connectivity index (χ1) is 17.3. The SMILES string of the molecule is COC1C=c2c(n(C)c(=O)n(C[C@H]3CC[C@H](C(=O)N4CCN(C(=O)C5CC5)[C@H](C)C4)CC3)c2=O)=CC1. The number of hydrogen-bond acceptors (Lipinski definition) is 5. The van der Waals surface area contributed by atoms with Gasteiger partial charge in [-0.2, -0.15) is 0 Å². The van der Waals surface area contributed by atoms with Crippen molar-refractivity contribution >= 4 is 24.0 Å². The summed E-state index contributed by atoms with van der Waals surface area (Å²) in [5.74, 6) is 0.827. The molecule has 0 aromatic carbocycles. The highest BCUT2D eigenvalue weighted by atomic mass is 16.5. The molecule has 2 amide bonds. The number of hydrogen-bond donors (Lipinski definition) is 0. The van der Waals surface area contributed by atoms with Crippen LogP contribution in [0.5, 0.6) is 0 Å². The average Bonchev–Trinajstić information content (AvgIpc) is 3.75. The number of fused-ring (bicyclic) bond motifs is 1. The van der Waals surface area contributed by atoms with Gasteiger partial charge in [-0.1, -0.05) is 6.08 Å². The van der Waals surface area contributed by atoms with Crippen molar-refractivity contribution in [1.29, 1.82) is 0 Å². The molecule has 36 heavy (non-hydrogen) atoms. The fourth-order valence-corrected chi connectivity index (χ4v) is 6.18. The lowest BCUT2D eigenvalue weighted by molar-refractivity contribution is -0.146. The van der Waals surface area contributed by atoms with E-state index in [0.29, 0.717) is 43.2 Å². The molecule has 0 radical (unpaired) electrons. The van der Waals surface area contributed by atoms with Crippen LogP contribution in [0.4, 0.5) is 0 Å². The van der Waals surface area contributed by atoms with E-state index in [1.807, 2.05) is 28.9 Å². The van der Waals surface area contributed by atoms with E-state index in [-0.39, 0.29) is 53.0 Å². The predicted octanol–water partition coefficient (Wildman–Crippen LogP) is -0.198. The lowest BCUT2D eigenvalue weighted by Crippen LogP contribution is -2.59. The summed E-state index contributed by atoms with van der Waals surface area (Å²) in [5.41, 5.74) is -0.540. The zero-order chi connectivity index (χ0) is 25.6. The quantitative estimate of drug-likeness (QED) is 0.561. The first kappa shape index (κ1) is 25.0. The number of aromatic nitrogens is 2. The van der Waals surface area contributed by atoms with Crippen molar-refractivity contribution in [2.75, 3.05) is 26.7 Å². The van der Waals surface area contributed by atoms with Crippen molar-refractivity contribution in [2.45, 2.75) is 70.6 Å². The Morgan fingerprint density at radius 3 is 2.31 bits per heavy atom. The Morgan fingerprint density at radius 2 is 1.67 bits per heavy atom. The minimum Gasteiger partial charge on any atom is -0.377 e. The van der Waals surface area contributed by atoms with Crippen LogP contribution in [0.15, 0.2) is 9.59 Å². The largest absolute Gasteiger partial charge is 0.377 e. The smallest absolute Gasteiger partial charge is 0.331 e. The van der Waals surface area contributed by atoms with E-state index in [4.69, 9.17) is 4.74 Å². The van der Waals surface area contributed by atoms with Gasteiger partial charge < -0.3 is 14.5 Å². The maximum absolute atomic E-state index is 13.3. The fraction of sp³-hybridized carbons (Fsp3) is 0.704. The Kier molecular flexibility index (Phi) is 6.94. The minimum atomic E-state index is -0.287. The molecule has 1 unspecified atom stereocenters.